The minimum Gasteiger partial charge on any atom is -0.486 e. The molecular formula is C22H20N2O3. The number of amides is 1. The summed E-state index contributed by atoms with van der Waals surface area (Å²) >= 11 is 0. The molecule has 3 aromatic rings. The Kier molecular flexibility index (Phi) is 4.66. The Bertz CT molecular complexity index is 968. The van der Waals surface area contributed by atoms with Crippen LogP contribution >= 0.6 is 0 Å². The van der Waals surface area contributed by atoms with E-state index in [0.29, 0.717) is 18.8 Å². The normalized spacial score (nSPS) is 12.3. The van der Waals surface area contributed by atoms with Gasteiger partial charge >= 0.3 is 0 Å². The summed E-state index contributed by atoms with van der Waals surface area (Å²) in [5, 5.41) is 6.24. The highest BCUT2D eigenvalue weighted by molar-refractivity contribution is 6.04. The lowest BCUT2D eigenvalue weighted by Crippen LogP contribution is -2.15. The van der Waals surface area contributed by atoms with E-state index in [1.54, 1.807) is 6.07 Å². The Morgan fingerprint density at radius 1 is 0.815 bits per heavy atom. The fourth-order valence-corrected chi connectivity index (χ4v) is 2.91. The fourth-order valence-electron chi connectivity index (χ4n) is 2.91. The largest absolute Gasteiger partial charge is 0.486 e. The van der Waals surface area contributed by atoms with E-state index in [0.717, 1.165) is 34.1 Å². The summed E-state index contributed by atoms with van der Waals surface area (Å²) in [7, 11) is 0. The maximum Gasteiger partial charge on any atom is 0.255 e. The third-order valence-corrected chi connectivity index (χ3v) is 4.25. The van der Waals surface area contributed by atoms with Crippen molar-refractivity contribution in [2.45, 2.75) is 6.92 Å². The van der Waals surface area contributed by atoms with Gasteiger partial charge in [-0.3, -0.25) is 4.79 Å². The Hall–Kier alpha value is -3.47. The highest BCUT2D eigenvalue weighted by Crippen LogP contribution is 2.33. The van der Waals surface area contributed by atoms with E-state index >= 15 is 0 Å². The predicted molar refractivity (Wildman–Crippen MR) is 106 cm³/mol. The van der Waals surface area contributed by atoms with Gasteiger partial charge in [-0.1, -0.05) is 17.7 Å². The van der Waals surface area contributed by atoms with E-state index in [2.05, 4.69) is 10.6 Å². The summed E-state index contributed by atoms with van der Waals surface area (Å²) < 4.78 is 11.1. The van der Waals surface area contributed by atoms with Gasteiger partial charge in [-0.25, -0.2) is 0 Å². The van der Waals surface area contributed by atoms with E-state index in [9.17, 15) is 4.79 Å². The highest BCUT2D eigenvalue weighted by Gasteiger charge is 2.12. The molecule has 0 aliphatic carbocycles. The molecule has 0 aromatic heterocycles. The number of ether oxygens (including phenoxy) is 2. The minimum atomic E-state index is -0.119. The Morgan fingerprint density at radius 2 is 1.52 bits per heavy atom. The van der Waals surface area contributed by atoms with E-state index in [-0.39, 0.29) is 5.91 Å². The summed E-state index contributed by atoms with van der Waals surface area (Å²) in [6.45, 7) is 3.11. The van der Waals surface area contributed by atoms with Gasteiger partial charge in [0, 0.05) is 28.7 Å². The van der Waals surface area contributed by atoms with Crippen molar-refractivity contribution in [3.63, 3.8) is 0 Å². The Balaban J connectivity index is 1.42. The smallest absolute Gasteiger partial charge is 0.255 e. The number of rotatable bonds is 4. The zero-order valence-corrected chi connectivity index (χ0v) is 15.0. The number of carbonyl (C=O) groups is 1. The summed E-state index contributed by atoms with van der Waals surface area (Å²) in [5.41, 5.74) is 4.28. The average Bonchev–Trinajstić information content (AvgIpc) is 2.69. The molecule has 1 aliphatic rings. The molecule has 2 N–H and O–H groups in total. The number of hydrogen-bond donors (Lipinski definition) is 2. The summed E-state index contributed by atoms with van der Waals surface area (Å²) in [6.07, 6.45) is 0. The molecule has 0 atom stereocenters. The van der Waals surface area contributed by atoms with Gasteiger partial charge in [-0.05, 0) is 55.5 Å². The molecule has 1 aliphatic heterocycles. The van der Waals surface area contributed by atoms with Crippen LogP contribution in [0.5, 0.6) is 11.5 Å². The van der Waals surface area contributed by atoms with Crippen LogP contribution in [0.3, 0.4) is 0 Å². The lowest BCUT2D eigenvalue weighted by molar-refractivity contribution is 0.102. The van der Waals surface area contributed by atoms with Gasteiger partial charge in [-0.2, -0.15) is 0 Å². The van der Waals surface area contributed by atoms with E-state index in [1.165, 1.54) is 0 Å². The van der Waals surface area contributed by atoms with Crippen molar-refractivity contribution < 1.29 is 14.3 Å². The number of nitrogens with one attached hydrogen (secondary N) is 2. The van der Waals surface area contributed by atoms with Crippen LogP contribution < -0.4 is 20.1 Å². The molecule has 0 saturated carbocycles. The minimum absolute atomic E-state index is 0.119. The summed E-state index contributed by atoms with van der Waals surface area (Å²) in [6, 6.07) is 20.9. The van der Waals surface area contributed by atoms with Crippen molar-refractivity contribution in [2.24, 2.45) is 0 Å². The van der Waals surface area contributed by atoms with Gasteiger partial charge < -0.3 is 20.1 Å². The first-order valence-electron chi connectivity index (χ1n) is 8.82. The molecule has 1 heterocycles. The van der Waals surface area contributed by atoms with Crippen LogP contribution in [-0.2, 0) is 0 Å². The molecule has 1 amide bonds. The van der Waals surface area contributed by atoms with Crippen molar-refractivity contribution >= 4 is 23.0 Å². The van der Waals surface area contributed by atoms with Crippen LogP contribution in [0.15, 0.2) is 66.7 Å². The third kappa shape index (κ3) is 4.03. The second kappa shape index (κ2) is 7.41. The second-order valence-corrected chi connectivity index (χ2v) is 6.38. The second-order valence-electron chi connectivity index (χ2n) is 6.38. The van der Waals surface area contributed by atoms with E-state index < -0.39 is 0 Å². The lowest BCUT2D eigenvalue weighted by Gasteiger charge is -2.19. The van der Waals surface area contributed by atoms with Crippen LogP contribution in [0.1, 0.15) is 15.9 Å². The van der Waals surface area contributed by atoms with Crippen LogP contribution in [0.4, 0.5) is 17.1 Å². The Labute approximate surface area is 157 Å². The molecule has 5 heteroatoms. The van der Waals surface area contributed by atoms with Crippen molar-refractivity contribution in [3.8, 4) is 11.5 Å². The number of fused-ring (bicyclic) bond motifs is 1. The third-order valence-electron chi connectivity index (χ3n) is 4.25. The van der Waals surface area contributed by atoms with Gasteiger partial charge in [0.2, 0.25) is 0 Å². The van der Waals surface area contributed by atoms with E-state index in [1.807, 2.05) is 67.6 Å². The van der Waals surface area contributed by atoms with E-state index in [4.69, 9.17) is 9.47 Å². The molecule has 3 aromatic carbocycles. The summed E-state index contributed by atoms with van der Waals surface area (Å²) in [4.78, 5) is 12.3. The number of anilines is 3. The first-order valence-corrected chi connectivity index (χ1v) is 8.82. The molecule has 0 fully saturated rings. The first kappa shape index (κ1) is 17.0. The Morgan fingerprint density at radius 3 is 2.30 bits per heavy atom. The van der Waals surface area contributed by atoms with Crippen molar-refractivity contribution in [3.05, 3.63) is 77.9 Å². The monoisotopic (exact) mass is 360 g/mol. The molecule has 0 unspecified atom stereocenters. The molecule has 136 valence electrons. The van der Waals surface area contributed by atoms with Crippen molar-refractivity contribution in [1.29, 1.82) is 0 Å². The molecule has 0 spiro atoms. The van der Waals surface area contributed by atoms with Crippen molar-refractivity contribution in [1.82, 2.24) is 0 Å². The fraction of sp³-hybridized carbons (Fsp3) is 0.136. The number of aryl methyl sites for hydroxylation is 1. The molecule has 0 saturated heterocycles. The van der Waals surface area contributed by atoms with Crippen LogP contribution in [0.2, 0.25) is 0 Å². The average molecular weight is 360 g/mol. The molecule has 27 heavy (non-hydrogen) atoms. The molecule has 5 nitrogen and oxygen atoms in total. The van der Waals surface area contributed by atoms with Crippen LogP contribution in [0.25, 0.3) is 0 Å². The summed E-state index contributed by atoms with van der Waals surface area (Å²) in [5.74, 6) is 1.39. The van der Waals surface area contributed by atoms with Gasteiger partial charge in [0.15, 0.2) is 11.5 Å². The lowest BCUT2D eigenvalue weighted by atomic mass is 10.1. The predicted octanol–water partition coefficient (Wildman–Crippen LogP) is 4.76. The van der Waals surface area contributed by atoms with Gasteiger partial charge in [-0.15, -0.1) is 0 Å². The first-order chi connectivity index (χ1) is 13.2. The molecular weight excluding hydrogens is 340 g/mol. The van der Waals surface area contributed by atoms with Crippen LogP contribution in [0, 0.1) is 6.92 Å². The van der Waals surface area contributed by atoms with Crippen molar-refractivity contribution in [2.75, 3.05) is 23.8 Å². The molecule has 0 bridgehead atoms. The maximum absolute atomic E-state index is 12.3. The quantitative estimate of drug-likeness (QED) is 0.704. The van der Waals surface area contributed by atoms with Gasteiger partial charge in [0.05, 0.1) is 0 Å². The topological polar surface area (TPSA) is 59.6 Å². The zero-order chi connectivity index (χ0) is 18.6. The van der Waals surface area contributed by atoms with Gasteiger partial charge in [0.25, 0.3) is 5.91 Å². The zero-order valence-electron chi connectivity index (χ0n) is 15.0. The SMILES string of the molecule is Cc1cccc(C(=O)Nc2ccc(Nc3ccc4c(c3)OCCO4)cc2)c1. The number of benzene rings is 3. The standard InChI is InChI=1S/C22H20N2O3/c1-15-3-2-4-16(13-15)22(25)24-18-7-5-17(6-8-18)23-19-9-10-20-21(14-19)27-12-11-26-20/h2-10,13-14,23H,11-12H2,1H3,(H,24,25). The van der Waals surface area contributed by atoms with Crippen LogP contribution in [-0.4, -0.2) is 19.1 Å². The maximum atomic E-state index is 12.3. The number of hydrogen-bond acceptors (Lipinski definition) is 4. The molecule has 0 radical (unpaired) electrons. The molecule has 4 rings (SSSR count). The number of carbonyl (C=O) groups excluding carboxylic acids is 1. The highest BCUT2D eigenvalue weighted by atomic mass is 16.6. The van der Waals surface area contributed by atoms with Gasteiger partial charge in [0.1, 0.15) is 13.2 Å².